The molecule has 0 radical (unpaired) electrons. The molecular formula is C27H25N3O8S. The largest absolute Gasteiger partial charge is 0.493 e. The minimum atomic E-state index is -0.575. The maximum absolute atomic E-state index is 13.2. The number of amides is 2. The van der Waals surface area contributed by atoms with Crippen molar-refractivity contribution in [3.8, 4) is 23.0 Å². The Morgan fingerprint density at radius 1 is 1.10 bits per heavy atom. The van der Waals surface area contributed by atoms with Gasteiger partial charge >= 0.3 is 12.1 Å². The number of methoxy groups -OCH3 is 1. The van der Waals surface area contributed by atoms with Gasteiger partial charge in [0.25, 0.3) is 5.91 Å². The van der Waals surface area contributed by atoms with Crippen molar-refractivity contribution in [2.75, 3.05) is 32.4 Å². The van der Waals surface area contributed by atoms with E-state index in [9.17, 15) is 14.4 Å². The van der Waals surface area contributed by atoms with Crippen LogP contribution in [0.4, 0.5) is 9.80 Å². The highest BCUT2D eigenvalue weighted by atomic mass is 32.1. The van der Waals surface area contributed by atoms with Gasteiger partial charge in [0, 0.05) is 11.4 Å². The van der Waals surface area contributed by atoms with E-state index in [0.717, 1.165) is 15.4 Å². The molecule has 12 heteroatoms. The molecule has 0 saturated heterocycles. The molecule has 3 aromatic rings. The number of carbonyl (C=O) groups excluding carboxylic acids is 3. The van der Waals surface area contributed by atoms with Gasteiger partial charge in [-0.25, -0.2) is 9.59 Å². The number of nitrogens with one attached hydrogen (secondary N) is 2. The standard InChI is InChI=1S/C27H25N3O8S/c1-3-35-27(33)30-9-8-16-21(12-30)39-25-22(16)24(31)28-23(29-25)14-4-7-18(19(10-14)34-2)38-26(32)15-5-6-17-20(11-15)37-13-36-17/h4-7,10-11,23,29H,3,8-9,12-13H2,1-2H3,(H,28,31). The molecule has 202 valence electrons. The first-order valence-electron chi connectivity index (χ1n) is 12.4. The van der Waals surface area contributed by atoms with Crippen LogP contribution in [0, 0.1) is 0 Å². The first-order chi connectivity index (χ1) is 18.9. The third-order valence-electron chi connectivity index (χ3n) is 6.69. The van der Waals surface area contributed by atoms with E-state index in [0.29, 0.717) is 60.1 Å². The summed E-state index contributed by atoms with van der Waals surface area (Å²) in [7, 11) is 1.48. The number of hydrogen-bond donors (Lipinski definition) is 2. The van der Waals surface area contributed by atoms with Crippen LogP contribution in [0.1, 0.15) is 49.8 Å². The quantitative estimate of drug-likeness (QED) is 0.357. The third kappa shape index (κ3) is 4.56. The Morgan fingerprint density at radius 2 is 1.95 bits per heavy atom. The number of fused-ring (bicyclic) bond motifs is 4. The molecular weight excluding hydrogens is 526 g/mol. The summed E-state index contributed by atoms with van der Waals surface area (Å²) in [5.74, 6) is 0.856. The Morgan fingerprint density at radius 3 is 2.77 bits per heavy atom. The van der Waals surface area contributed by atoms with Crippen LogP contribution in [0.15, 0.2) is 36.4 Å². The van der Waals surface area contributed by atoms with Crippen molar-refractivity contribution in [2.45, 2.75) is 26.1 Å². The van der Waals surface area contributed by atoms with Gasteiger partial charge in [-0.05, 0) is 54.8 Å². The zero-order valence-electron chi connectivity index (χ0n) is 21.2. The van der Waals surface area contributed by atoms with E-state index in [4.69, 9.17) is 23.7 Å². The van der Waals surface area contributed by atoms with Crippen LogP contribution in [-0.2, 0) is 17.7 Å². The van der Waals surface area contributed by atoms with Crippen LogP contribution in [0.3, 0.4) is 0 Å². The molecule has 0 fully saturated rings. The van der Waals surface area contributed by atoms with Crippen molar-refractivity contribution >= 4 is 34.3 Å². The lowest BCUT2D eigenvalue weighted by molar-refractivity contribution is 0.0728. The summed E-state index contributed by atoms with van der Waals surface area (Å²) in [4.78, 5) is 40.7. The molecule has 3 aliphatic rings. The van der Waals surface area contributed by atoms with Crippen LogP contribution in [0.25, 0.3) is 0 Å². The normalized spacial score (nSPS) is 16.9. The molecule has 6 rings (SSSR count). The summed E-state index contributed by atoms with van der Waals surface area (Å²) in [5, 5.41) is 7.14. The van der Waals surface area contributed by atoms with Crippen molar-refractivity contribution in [1.82, 2.24) is 10.2 Å². The zero-order valence-corrected chi connectivity index (χ0v) is 22.0. The number of benzene rings is 2. The van der Waals surface area contributed by atoms with E-state index in [1.807, 2.05) is 0 Å². The predicted octanol–water partition coefficient (Wildman–Crippen LogP) is 4.07. The molecule has 39 heavy (non-hydrogen) atoms. The first kappa shape index (κ1) is 24.9. The summed E-state index contributed by atoms with van der Waals surface area (Å²) < 4.78 is 26.8. The fourth-order valence-electron chi connectivity index (χ4n) is 4.78. The zero-order chi connectivity index (χ0) is 27.1. The van der Waals surface area contributed by atoms with E-state index in [1.165, 1.54) is 18.4 Å². The van der Waals surface area contributed by atoms with E-state index in [-0.39, 0.29) is 24.5 Å². The number of carbonyl (C=O) groups is 3. The Balaban J connectivity index is 1.19. The summed E-state index contributed by atoms with van der Waals surface area (Å²) in [6, 6.07) is 9.91. The van der Waals surface area contributed by atoms with Gasteiger partial charge in [0.15, 0.2) is 23.0 Å². The van der Waals surface area contributed by atoms with Gasteiger partial charge in [0.05, 0.1) is 31.4 Å². The topological polar surface area (TPSA) is 125 Å². The molecule has 1 aromatic heterocycles. The van der Waals surface area contributed by atoms with Gasteiger partial charge in [-0.2, -0.15) is 0 Å². The lowest BCUT2D eigenvalue weighted by Gasteiger charge is -2.28. The minimum absolute atomic E-state index is 0.108. The SMILES string of the molecule is CCOC(=O)N1CCc2c(sc3c2C(=O)NC(c2ccc(OC(=O)c4ccc5c(c4)OCO5)c(OC)c2)N3)C1. The lowest BCUT2D eigenvalue weighted by Crippen LogP contribution is -2.39. The van der Waals surface area contributed by atoms with Crippen LogP contribution in [0.2, 0.25) is 0 Å². The number of esters is 1. The monoisotopic (exact) mass is 551 g/mol. The second-order valence-corrected chi connectivity index (χ2v) is 10.1. The second kappa shape index (κ2) is 10.0. The molecule has 1 unspecified atom stereocenters. The number of ether oxygens (including phenoxy) is 5. The van der Waals surface area contributed by atoms with Gasteiger partial charge in [-0.15, -0.1) is 11.3 Å². The first-order valence-corrected chi connectivity index (χ1v) is 13.2. The van der Waals surface area contributed by atoms with Crippen molar-refractivity contribution in [1.29, 1.82) is 0 Å². The molecule has 3 aliphatic heterocycles. The maximum Gasteiger partial charge on any atom is 0.410 e. The lowest BCUT2D eigenvalue weighted by atomic mass is 10.0. The third-order valence-corrected chi connectivity index (χ3v) is 7.84. The maximum atomic E-state index is 13.2. The Bertz CT molecular complexity index is 1490. The number of rotatable bonds is 5. The van der Waals surface area contributed by atoms with Crippen LogP contribution in [-0.4, -0.2) is 49.9 Å². The molecule has 2 N–H and O–H groups in total. The Kier molecular flexibility index (Phi) is 6.39. The van der Waals surface area contributed by atoms with Crippen molar-refractivity contribution < 1.29 is 38.1 Å². The second-order valence-electron chi connectivity index (χ2n) is 9.00. The van der Waals surface area contributed by atoms with Crippen molar-refractivity contribution in [3.63, 3.8) is 0 Å². The number of thiophene rings is 1. The summed E-state index contributed by atoms with van der Waals surface area (Å²) >= 11 is 1.47. The van der Waals surface area contributed by atoms with Crippen molar-refractivity contribution in [2.24, 2.45) is 0 Å². The van der Waals surface area contributed by atoms with Crippen LogP contribution >= 0.6 is 11.3 Å². The minimum Gasteiger partial charge on any atom is -0.493 e. The molecule has 0 saturated carbocycles. The number of hydrogen-bond acceptors (Lipinski definition) is 10. The summed E-state index contributed by atoms with van der Waals surface area (Å²) in [6.07, 6.45) is -0.299. The number of anilines is 1. The van der Waals surface area contributed by atoms with Gasteiger partial charge in [0.1, 0.15) is 11.2 Å². The highest BCUT2D eigenvalue weighted by Crippen LogP contribution is 2.42. The molecule has 0 bridgehead atoms. The molecule has 2 aromatic carbocycles. The fourth-order valence-corrected chi connectivity index (χ4v) is 6.07. The van der Waals surface area contributed by atoms with Gasteiger partial charge in [-0.3, -0.25) is 4.79 Å². The summed E-state index contributed by atoms with van der Waals surface area (Å²) in [6.45, 7) is 3.10. The predicted molar refractivity (Wildman–Crippen MR) is 140 cm³/mol. The molecule has 0 spiro atoms. The Labute approximate surface area is 227 Å². The average molecular weight is 552 g/mol. The smallest absolute Gasteiger partial charge is 0.410 e. The van der Waals surface area contributed by atoms with Gasteiger partial charge in [-0.1, -0.05) is 6.07 Å². The van der Waals surface area contributed by atoms with Gasteiger partial charge < -0.3 is 39.2 Å². The van der Waals surface area contributed by atoms with Crippen molar-refractivity contribution in [3.05, 3.63) is 63.5 Å². The molecule has 11 nitrogen and oxygen atoms in total. The van der Waals surface area contributed by atoms with Crippen LogP contribution in [0.5, 0.6) is 23.0 Å². The van der Waals surface area contributed by atoms with E-state index >= 15 is 0 Å². The summed E-state index contributed by atoms with van der Waals surface area (Å²) in [5.41, 5.74) is 2.61. The molecule has 1 atom stereocenters. The van der Waals surface area contributed by atoms with Crippen LogP contribution < -0.4 is 29.6 Å². The highest BCUT2D eigenvalue weighted by molar-refractivity contribution is 7.16. The van der Waals surface area contributed by atoms with E-state index in [1.54, 1.807) is 48.2 Å². The molecule has 4 heterocycles. The highest BCUT2D eigenvalue weighted by Gasteiger charge is 2.35. The number of nitrogens with zero attached hydrogens (tertiary/aromatic N) is 1. The van der Waals surface area contributed by atoms with E-state index in [2.05, 4.69) is 10.6 Å². The van der Waals surface area contributed by atoms with E-state index < -0.39 is 12.1 Å². The Hall–Kier alpha value is -4.45. The van der Waals surface area contributed by atoms with Gasteiger partial charge in [0.2, 0.25) is 6.79 Å². The fraction of sp³-hybridized carbons (Fsp3) is 0.296. The molecule has 2 amide bonds. The average Bonchev–Trinajstić information content (AvgIpc) is 3.57. The molecule has 0 aliphatic carbocycles.